The van der Waals surface area contributed by atoms with Crippen LogP contribution in [0.15, 0.2) is 0 Å². The molecule has 3 fully saturated rings. The van der Waals surface area contributed by atoms with Crippen LogP contribution < -0.4 is 0 Å². The Hall–Kier alpha value is -0.700. The van der Waals surface area contributed by atoms with Crippen LogP contribution in [0.5, 0.6) is 0 Å². The first-order valence-electron chi connectivity index (χ1n) is 7.42. The van der Waals surface area contributed by atoms with Crippen LogP contribution in [0, 0.1) is 11.8 Å². The SMILES string of the molecule is CS(=O)(=O)N1CC(C(=O)N2CCCC(C3OCCO3)C2)C1. The number of hydrogen-bond acceptors (Lipinski definition) is 5. The zero-order valence-electron chi connectivity index (χ0n) is 12.2. The molecule has 1 amide bonds. The molecule has 3 aliphatic heterocycles. The number of rotatable bonds is 3. The van der Waals surface area contributed by atoms with Gasteiger partial charge in [-0.2, -0.15) is 0 Å². The van der Waals surface area contributed by atoms with Gasteiger partial charge in [-0.25, -0.2) is 12.7 Å². The molecular formula is C13H22N2O5S. The molecule has 0 aliphatic carbocycles. The second-order valence-corrected chi connectivity index (χ2v) is 8.06. The van der Waals surface area contributed by atoms with Gasteiger partial charge in [0.25, 0.3) is 0 Å². The maximum Gasteiger partial charge on any atom is 0.228 e. The van der Waals surface area contributed by atoms with Crippen molar-refractivity contribution in [2.75, 3.05) is 45.6 Å². The van der Waals surface area contributed by atoms with Gasteiger partial charge in [-0.3, -0.25) is 4.79 Å². The van der Waals surface area contributed by atoms with Crippen molar-refractivity contribution in [3.63, 3.8) is 0 Å². The van der Waals surface area contributed by atoms with E-state index >= 15 is 0 Å². The van der Waals surface area contributed by atoms with Crippen LogP contribution in [0.4, 0.5) is 0 Å². The second kappa shape index (κ2) is 5.83. The smallest absolute Gasteiger partial charge is 0.228 e. The fourth-order valence-electron chi connectivity index (χ4n) is 3.20. The van der Waals surface area contributed by atoms with Gasteiger partial charge in [0.2, 0.25) is 15.9 Å². The number of nitrogens with zero attached hydrogens (tertiary/aromatic N) is 2. The average Bonchev–Trinajstić information content (AvgIpc) is 2.89. The van der Waals surface area contributed by atoms with Gasteiger partial charge in [-0.15, -0.1) is 0 Å². The van der Waals surface area contributed by atoms with Crippen molar-refractivity contribution in [3.05, 3.63) is 0 Å². The van der Waals surface area contributed by atoms with E-state index in [1.54, 1.807) is 0 Å². The standard InChI is InChI=1S/C13H22N2O5S/c1-21(17,18)15-8-11(9-15)12(16)14-4-2-3-10(7-14)13-19-5-6-20-13/h10-11,13H,2-9H2,1H3. The molecule has 3 heterocycles. The van der Waals surface area contributed by atoms with Gasteiger partial charge < -0.3 is 14.4 Å². The normalized spacial score (nSPS) is 29.6. The molecule has 8 heteroatoms. The number of ether oxygens (including phenoxy) is 2. The topological polar surface area (TPSA) is 76.2 Å². The Labute approximate surface area is 125 Å². The summed E-state index contributed by atoms with van der Waals surface area (Å²) in [5.74, 6) is 0.109. The first-order chi connectivity index (χ1) is 9.95. The van der Waals surface area contributed by atoms with E-state index in [1.807, 2.05) is 4.90 Å². The minimum absolute atomic E-state index is 0.0672. The van der Waals surface area contributed by atoms with Crippen LogP contribution in [-0.2, 0) is 24.3 Å². The van der Waals surface area contributed by atoms with Gasteiger partial charge in [0.15, 0.2) is 6.29 Å². The Morgan fingerprint density at radius 2 is 1.81 bits per heavy atom. The molecule has 0 spiro atoms. The molecule has 3 aliphatic rings. The van der Waals surface area contributed by atoms with Crippen molar-refractivity contribution in [2.24, 2.45) is 11.8 Å². The Balaban J connectivity index is 1.53. The lowest BCUT2D eigenvalue weighted by molar-refractivity contribution is -0.146. The van der Waals surface area contributed by atoms with E-state index < -0.39 is 10.0 Å². The molecule has 0 bridgehead atoms. The average molecular weight is 318 g/mol. The third kappa shape index (κ3) is 3.23. The summed E-state index contributed by atoms with van der Waals surface area (Å²) in [6.45, 7) is 3.28. The number of sulfonamides is 1. The molecule has 1 unspecified atom stereocenters. The van der Waals surface area contributed by atoms with Crippen LogP contribution in [0.3, 0.4) is 0 Å². The van der Waals surface area contributed by atoms with E-state index in [4.69, 9.17) is 9.47 Å². The monoisotopic (exact) mass is 318 g/mol. The molecule has 0 radical (unpaired) electrons. The summed E-state index contributed by atoms with van der Waals surface area (Å²) in [6.07, 6.45) is 2.95. The molecule has 21 heavy (non-hydrogen) atoms. The van der Waals surface area contributed by atoms with Gasteiger partial charge in [0, 0.05) is 32.1 Å². The zero-order valence-corrected chi connectivity index (χ0v) is 13.0. The maximum atomic E-state index is 12.4. The second-order valence-electron chi connectivity index (χ2n) is 6.07. The number of amides is 1. The molecule has 0 aromatic heterocycles. The highest BCUT2D eigenvalue weighted by Gasteiger charge is 2.41. The van der Waals surface area contributed by atoms with E-state index in [9.17, 15) is 13.2 Å². The summed E-state index contributed by atoms with van der Waals surface area (Å²) in [6, 6.07) is 0. The summed E-state index contributed by atoms with van der Waals surface area (Å²) in [7, 11) is -3.16. The van der Waals surface area contributed by atoms with E-state index in [-0.39, 0.29) is 24.0 Å². The zero-order chi connectivity index (χ0) is 15.0. The minimum Gasteiger partial charge on any atom is -0.350 e. The van der Waals surface area contributed by atoms with Crippen molar-refractivity contribution in [3.8, 4) is 0 Å². The Bertz CT molecular complexity index is 497. The Morgan fingerprint density at radius 3 is 2.43 bits per heavy atom. The van der Waals surface area contributed by atoms with E-state index in [1.165, 1.54) is 10.6 Å². The summed E-state index contributed by atoms with van der Waals surface area (Å²) in [4.78, 5) is 14.3. The van der Waals surface area contributed by atoms with Crippen molar-refractivity contribution in [1.29, 1.82) is 0 Å². The van der Waals surface area contributed by atoms with E-state index in [0.29, 0.717) is 32.8 Å². The van der Waals surface area contributed by atoms with Crippen molar-refractivity contribution in [2.45, 2.75) is 19.1 Å². The maximum absolute atomic E-state index is 12.4. The van der Waals surface area contributed by atoms with Gasteiger partial charge in [-0.1, -0.05) is 0 Å². The number of hydrogen-bond donors (Lipinski definition) is 0. The highest BCUT2D eigenvalue weighted by atomic mass is 32.2. The predicted molar refractivity (Wildman–Crippen MR) is 74.9 cm³/mol. The fourth-order valence-corrected chi connectivity index (χ4v) is 4.11. The quantitative estimate of drug-likeness (QED) is 0.700. The minimum atomic E-state index is -3.16. The first kappa shape index (κ1) is 15.2. The van der Waals surface area contributed by atoms with Crippen molar-refractivity contribution >= 4 is 15.9 Å². The molecule has 7 nitrogen and oxygen atoms in total. The molecule has 0 saturated carbocycles. The highest BCUT2D eigenvalue weighted by molar-refractivity contribution is 7.88. The lowest BCUT2D eigenvalue weighted by Crippen LogP contribution is -2.57. The van der Waals surface area contributed by atoms with Crippen LogP contribution in [0.25, 0.3) is 0 Å². The first-order valence-corrected chi connectivity index (χ1v) is 9.27. The third-order valence-corrected chi connectivity index (χ3v) is 5.70. The number of carbonyl (C=O) groups excluding carboxylic acids is 1. The third-order valence-electron chi connectivity index (χ3n) is 4.47. The molecule has 3 saturated heterocycles. The molecule has 0 aromatic carbocycles. The van der Waals surface area contributed by atoms with Gasteiger partial charge in [0.05, 0.1) is 25.4 Å². The largest absolute Gasteiger partial charge is 0.350 e. The van der Waals surface area contributed by atoms with Crippen LogP contribution >= 0.6 is 0 Å². The summed E-state index contributed by atoms with van der Waals surface area (Å²) >= 11 is 0. The summed E-state index contributed by atoms with van der Waals surface area (Å²) < 4.78 is 35.1. The van der Waals surface area contributed by atoms with Gasteiger partial charge >= 0.3 is 0 Å². The molecule has 3 rings (SSSR count). The van der Waals surface area contributed by atoms with Crippen LogP contribution in [0.2, 0.25) is 0 Å². The van der Waals surface area contributed by atoms with Crippen molar-refractivity contribution < 1.29 is 22.7 Å². The number of piperidine rings is 1. The molecule has 0 N–H and O–H groups in total. The van der Waals surface area contributed by atoms with Crippen molar-refractivity contribution in [1.82, 2.24) is 9.21 Å². The lowest BCUT2D eigenvalue weighted by atomic mass is 9.94. The molecule has 0 aromatic rings. The lowest BCUT2D eigenvalue weighted by Gasteiger charge is -2.41. The Kier molecular flexibility index (Phi) is 4.22. The van der Waals surface area contributed by atoms with Gasteiger partial charge in [0.1, 0.15) is 0 Å². The van der Waals surface area contributed by atoms with Crippen LogP contribution in [-0.4, -0.2) is 75.5 Å². The summed E-state index contributed by atoms with van der Waals surface area (Å²) in [5, 5.41) is 0. The molecular weight excluding hydrogens is 296 g/mol. The van der Waals surface area contributed by atoms with E-state index in [2.05, 4.69) is 0 Å². The highest BCUT2D eigenvalue weighted by Crippen LogP contribution is 2.28. The molecule has 1 atom stereocenters. The number of carbonyl (C=O) groups is 1. The molecule has 120 valence electrons. The Morgan fingerprint density at radius 1 is 1.14 bits per heavy atom. The van der Waals surface area contributed by atoms with Crippen LogP contribution in [0.1, 0.15) is 12.8 Å². The summed E-state index contributed by atoms with van der Waals surface area (Å²) in [5.41, 5.74) is 0. The van der Waals surface area contributed by atoms with E-state index in [0.717, 1.165) is 19.4 Å². The number of likely N-dealkylation sites (tertiary alicyclic amines) is 1. The predicted octanol–water partition coefficient (Wildman–Crippen LogP) is -0.511. The van der Waals surface area contributed by atoms with Gasteiger partial charge in [-0.05, 0) is 12.8 Å². The fraction of sp³-hybridized carbons (Fsp3) is 0.923.